The van der Waals surface area contributed by atoms with E-state index in [4.69, 9.17) is 23.2 Å². The molecule has 0 saturated heterocycles. The van der Waals surface area contributed by atoms with Crippen LogP contribution in [0.4, 0.5) is 0 Å². The average Bonchev–Trinajstić information content (AvgIpc) is 2.93. The molecular formula is C13H15Cl2NO. The molecule has 0 radical (unpaired) electrons. The van der Waals surface area contributed by atoms with E-state index in [2.05, 4.69) is 5.32 Å². The molecule has 2 unspecified atom stereocenters. The summed E-state index contributed by atoms with van der Waals surface area (Å²) < 4.78 is 0. The van der Waals surface area contributed by atoms with Crippen LogP contribution in [0.2, 0.25) is 10.0 Å². The molecule has 1 aromatic rings. The van der Waals surface area contributed by atoms with E-state index < -0.39 is 0 Å². The lowest BCUT2D eigenvalue weighted by molar-refractivity contribution is -0.122. The number of amides is 1. The van der Waals surface area contributed by atoms with Crippen LogP contribution in [0.1, 0.15) is 31.7 Å². The zero-order chi connectivity index (χ0) is 12.6. The van der Waals surface area contributed by atoms with Gasteiger partial charge in [0.05, 0.1) is 0 Å². The van der Waals surface area contributed by atoms with Crippen molar-refractivity contribution in [2.45, 2.75) is 32.2 Å². The SMILES string of the molecule is CC(C)NC(=O)C1CC1c1cc(Cl)cc(Cl)c1. The number of hydrogen-bond donors (Lipinski definition) is 1. The number of hydrogen-bond acceptors (Lipinski definition) is 1. The Hall–Kier alpha value is -0.730. The second-order valence-electron chi connectivity index (χ2n) is 4.81. The molecule has 2 rings (SSSR count). The number of nitrogens with one attached hydrogen (secondary N) is 1. The maximum atomic E-state index is 11.8. The van der Waals surface area contributed by atoms with Crippen LogP contribution in [0, 0.1) is 5.92 Å². The summed E-state index contributed by atoms with van der Waals surface area (Å²) >= 11 is 11.9. The number of carbonyl (C=O) groups is 1. The Bertz CT molecular complexity index is 425. The third-order valence-corrected chi connectivity index (χ3v) is 3.31. The number of halogens is 2. The maximum absolute atomic E-state index is 11.8. The third-order valence-electron chi connectivity index (χ3n) is 2.87. The van der Waals surface area contributed by atoms with Gasteiger partial charge in [-0.25, -0.2) is 0 Å². The average molecular weight is 272 g/mol. The largest absolute Gasteiger partial charge is 0.354 e. The van der Waals surface area contributed by atoms with Gasteiger partial charge in [-0.2, -0.15) is 0 Å². The van der Waals surface area contributed by atoms with Crippen LogP contribution in [-0.2, 0) is 4.79 Å². The molecule has 1 aliphatic carbocycles. The van der Waals surface area contributed by atoms with Crippen molar-refractivity contribution in [2.75, 3.05) is 0 Å². The maximum Gasteiger partial charge on any atom is 0.223 e. The number of benzene rings is 1. The molecule has 92 valence electrons. The fourth-order valence-electron chi connectivity index (χ4n) is 2.03. The van der Waals surface area contributed by atoms with Crippen LogP contribution in [0.5, 0.6) is 0 Å². The quantitative estimate of drug-likeness (QED) is 0.894. The zero-order valence-electron chi connectivity index (χ0n) is 9.84. The predicted octanol–water partition coefficient (Wildman–Crippen LogP) is 3.62. The normalized spacial score (nSPS) is 22.6. The summed E-state index contributed by atoms with van der Waals surface area (Å²) in [5.41, 5.74) is 1.06. The Morgan fingerprint density at radius 3 is 2.41 bits per heavy atom. The fourth-order valence-corrected chi connectivity index (χ4v) is 2.58. The highest BCUT2D eigenvalue weighted by Gasteiger charge is 2.44. The van der Waals surface area contributed by atoms with Gasteiger partial charge >= 0.3 is 0 Å². The summed E-state index contributed by atoms with van der Waals surface area (Å²) in [6.07, 6.45) is 0.884. The lowest BCUT2D eigenvalue weighted by Crippen LogP contribution is -2.31. The topological polar surface area (TPSA) is 29.1 Å². The van der Waals surface area contributed by atoms with E-state index in [-0.39, 0.29) is 23.8 Å². The van der Waals surface area contributed by atoms with Gasteiger partial charge in [-0.3, -0.25) is 4.79 Å². The van der Waals surface area contributed by atoms with Gasteiger partial charge in [0.15, 0.2) is 0 Å². The van der Waals surface area contributed by atoms with E-state index in [1.165, 1.54) is 0 Å². The van der Waals surface area contributed by atoms with Crippen molar-refractivity contribution in [3.8, 4) is 0 Å². The summed E-state index contributed by atoms with van der Waals surface area (Å²) in [6.45, 7) is 3.93. The molecule has 2 nitrogen and oxygen atoms in total. The van der Waals surface area contributed by atoms with Gasteiger partial charge in [-0.05, 0) is 49.9 Å². The molecule has 1 aliphatic rings. The molecule has 1 saturated carbocycles. The second kappa shape index (κ2) is 4.87. The summed E-state index contributed by atoms with van der Waals surface area (Å²) in [7, 11) is 0. The highest BCUT2D eigenvalue weighted by Crippen LogP contribution is 2.48. The molecule has 0 bridgehead atoms. The fraction of sp³-hybridized carbons (Fsp3) is 0.462. The standard InChI is InChI=1S/C13H15Cl2NO/c1-7(2)16-13(17)12-6-11(12)8-3-9(14)5-10(15)4-8/h3-5,7,11-12H,6H2,1-2H3,(H,16,17). The zero-order valence-corrected chi connectivity index (χ0v) is 11.3. The summed E-state index contributed by atoms with van der Waals surface area (Å²) in [5, 5.41) is 4.18. The summed E-state index contributed by atoms with van der Waals surface area (Å²) in [4.78, 5) is 11.8. The minimum Gasteiger partial charge on any atom is -0.354 e. The van der Waals surface area contributed by atoms with Gasteiger partial charge in [-0.15, -0.1) is 0 Å². The van der Waals surface area contributed by atoms with Gasteiger partial charge in [0.2, 0.25) is 5.91 Å². The third kappa shape index (κ3) is 3.14. The van der Waals surface area contributed by atoms with Crippen LogP contribution in [-0.4, -0.2) is 11.9 Å². The van der Waals surface area contributed by atoms with E-state index in [0.717, 1.165) is 12.0 Å². The molecule has 1 aromatic carbocycles. The van der Waals surface area contributed by atoms with E-state index in [9.17, 15) is 4.79 Å². The van der Waals surface area contributed by atoms with Crippen LogP contribution in [0.3, 0.4) is 0 Å². The van der Waals surface area contributed by atoms with E-state index in [0.29, 0.717) is 10.0 Å². The van der Waals surface area contributed by atoms with Gasteiger partial charge < -0.3 is 5.32 Å². The van der Waals surface area contributed by atoms with Gasteiger partial charge in [0.25, 0.3) is 0 Å². The summed E-state index contributed by atoms with van der Waals surface area (Å²) in [6, 6.07) is 5.67. The number of carbonyl (C=O) groups excluding carboxylic acids is 1. The molecule has 1 amide bonds. The van der Waals surface area contributed by atoms with Crippen molar-refractivity contribution >= 4 is 29.1 Å². The van der Waals surface area contributed by atoms with E-state index in [1.807, 2.05) is 26.0 Å². The monoisotopic (exact) mass is 271 g/mol. The Morgan fingerprint density at radius 2 is 1.88 bits per heavy atom. The smallest absolute Gasteiger partial charge is 0.223 e. The van der Waals surface area contributed by atoms with Crippen LogP contribution < -0.4 is 5.32 Å². The van der Waals surface area contributed by atoms with Gasteiger partial charge in [0.1, 0.15) is 0 Å². The minimum absolute atomic E-state index is 0.0759. The second-order valence-corrected chi connectivity index (χ2v) is 5.69. The van der Waals surface area contributed by atoms with Crippen LogP contribution in [0.25, 0.3) is 0 Å². The Kier molecular flexibility index (Phi) is 3.64. The predicted molar refractivity (Wildman–Crippen MR) is 70.6 cm³/mol. The van der Waals surface area contributed by atoms with E-state index >= 15 is 0 Å². The van der Waals surface area contributed by atoms with Crippen molar-refractivity contribution in [3.05, 3.63) is 33.8 Å². The summed E-state index contributed by atoms with van der Waals surface area (Å²) in [5.74, 6) is 0.470. The first-order valence-corrected chi connectivity index (χ1v) is 6.49. The molecule has 2 atom stereocenters. The molecule has 1 N–H and O–H groups in total. The molecule has 0 spiro atoms. The molecule has 17 heavy (non-hydrogen) atoms. The molecule has 4 heteroatoms. The Labute approximate surface area is 111 Å². The lowest BCUT2D eigenvalue weighted by atomic mass is 10.1. The van der Waals surface area contributed by atoms with Gasteiger partial charge in [-0.1, -0.05) is 23.2 Å². The molecule has 0 aromatic heterocycles. The van der Waals surface area contributed by atoms with Crippen molar-refractivity contribution < 1.29 is 4.79 Å². The highest BCUT2D eigenvalue weighted by atomic mass is 35.5. The van der Waals surface area contributed by atoms with Crippen molar-refractivity contribution in [1.29, 1.82) is 0 Å². The molecule has 1 fully saturated rings. The molecule has 0 aliphatic heterocycles. The van der Waals surface area contributed by atoms with Crippen molar-refractivity contribution in [1.82, 2.24) is 5.32 Å². The first-order chi connectivity index (χ1) is 7.97. The first-order valence-electron chi connectivity index (χ1n) is 5.73. The lowest BCUT2D eigenvalue weighted by Gasteiger charge is -2.08. The minimum atomic E-state index is 0.0759. The highest BCUT2D eigenvalue weighted by molar-refractivity contribution is 6.34. The molecule has 0 heterocycles. The number of rotatable bonds is 3. The van der Waals surface area contributed by atoms with Crippen LogP contribution in [0.15, 0.2) is 18.2 Å². The van der Waals surface area contributed by atoms with Crippen LogP contribution >= 0.6 is 23.2 Å². The Balaban J connectivity index is 2.05. The van der Waals surface area contributed by atoms with Crippen molar-refractivity contribution in [3.63, 3.8) is 0 Å². The van der Waals surface area contributed by atoms with Crippen molar-refractivity contribution in [2.24, 2.45) is 5.92 Å². The van der Waals surface area contributed by atoms with E-state index in [1.54, 1.807) is 6.07 Å². The first kappa shape index (κ1) is 12.7. The molecular weight excluding hydrogens is 257 g/mol. The van der Waals surface area contributed by atoms with Gasteiger partial charge in [0, 0.05) is 22.0 Å². The Morgan fingerprint density at radius 1 is 1.29 bits per heavy atom.